The highest BCUT2D eigenvalue weighted by molar-refractivity contribution is 8.76. The van der Waals surface area contributed by atoms with Gasteiger partial charge in [0.05, 0.1) is 7.11 Å². The van der Waals surface area contributed by atoms with Crippen molar-refractivity contribution in [3.63, 3.8) is 0 Å². The van der Waals surface area contributed by atoms with Crippen LogP contribution in [-0.2, 0) is 4.74 Å². The minimum atomic E-state index is 0.333. The Kier molecular flexibility index (Phi) is 5.47. The zero-order chi connectivity index (χ0) is 10.2. The van der Waals surface area contributed by atoms with Crippen molar-refractivity contribution >= 4 is 27.5 Å². The fourth-order valence-electron chi connectivity index (χ4n) is 0.735. The van der Waals surface area contributed by atoms with Crippen LogP contribution >= 0.6 is 21.6 Å². The normalized spacial score (nSPS) is 9.79. The van der Waals surface area contributed by atoms with Crippen molar-refractivity contribution < 1.29 is 4.74 Å². The first kappa shape index (κ1) is 11.4. The molecule has 14 heavy (non-hydrogen) atoms. The number of ether oxygens (including phenoxy) is 1. The molecule has 76 valence electrons. The molecule has 1 heterocycles. The molecule has 0 saturated heterocycles. The molecular formula is C9H12N2OS2. The predicted molar refractivity (Wildman–Crippen MR) is 61.9 cm³/mol. The Morgan fingerprint density at radius 1 is 1.57 bits per heavy atom. The largest absolute Gasteiger partial charge is 0.484 e. The number of nitrogens with zero attached hydrogens (tertiary/aromatic N) is 1. The van der Waals surface area contributed by atoms with Gasteiger partial charge in [-0.2, -0.15) is 0 Å². The van der Waals surface area contributed by atoms with Gasteiger partial charge in [0.15, 0.2) is 5.90 Å². The van der Waals surface area contributed by atoms with E-state index in [0.717, 1.165) is 10.8 Å². The number of nitrogens with one attached hydrogen (secondary N) is 1. The number of hydrogen-bond acceptors (Lipinski definition) is 5. The lowest BCUT2D eigenvalue weighted by molar-refractivity contribution is 0.389. The van der Waals surface area contributed by atoms with Gasteiger partial charge in [0.1, 0.15) is 5.03 Å². The first-order valence-corrected chi connectivity index (χ1v) is 6.46. The van der Waals surface area contributed by atoms with Crippen LogP contribution in [0.15, 0.2) is 29.4 Å². The summed E-state index contributed by atoms with van der Waals surface area (Å²) in [6.07, 6.45) is 2.45. The lowest BCUT2D eigenvalue weighted by Crippen LogP contribution is -1.99. The molecule has 0 aromatic carbocycles. The SMILES string of the molecule is COC(=N)CCSSc1ccccn1. The standard InChI is InChI=1S/C9H12N2OS2/c1-12-8(10)5-7-13-14-9-4-2-3-6-11-9/h2-4,6,10H,5,7H2,1H3. The zero-order valence-corrected chi connectivity index (χ0v) is 9.53. The highest BCUT2D eigenvalue weighted by Crippen LogP contribution is 2.29. The molecule has 5 heteroatoms. The van der Waals surface area contributed by atoms with E-state index in [1.165, 1.54) is 7.11 Å². The predicted octanol–water partition coefficient (Wildman–Crippen LogP) is 2.84. The van der Waals surface area contributed by atoms with E-state index in [0.29, 0.717) is 12.3 Å². The summed E-state index contributed by atoms with van der Waals surface area (Å²) in [6, 6.07) is 5.84. The summed E-state index contributed by atoms with van der Waals surface area (Å²) in [4.78, 5) is 4.17. The average Bonchev–Trinajstić information content (AvgIpc) is 2.25. The quantitative estimate of drug-likeness (QED) is 0.364. The molecule has 0 aliphatic carbocycles. The molecule has 0 spiro atoms. The third kappa shape index (κ3) is 4.53. The topological polar surface area (TPSA) is 46.0 Å². The average molecular weight is 228 g/mol. The molecule has 1 N–H and O–H groups in total. The second kappa shape index (κ2) is 6.73. The van der Waals surface area contributed by atoms with Gasteiger partial charge in [-0.25, -0.2) is 4.98 Å². The van der Waals surface area contributed by atoms with Crippen molar-refractivity contribution in [1.29, 1.82) is 5.41 Å². The van der Waals surface area contributed by atoms with E-state index in [1.54, 1.807) is 27.8 Å². The maximum Gasteiger partial charge on any atom is 0.180 e. The second-order valence-electron chi connectivity index (χ2n) is 2.45. The van der Waals surface area contributed by atoms with Crippen LogP contribution in [0.5, 0.6) is 0 Å². The van der Waals surface area contributed by atoms with Gasteiger partial charge in [0.2, 0.25) is 0 Å². The molecule has 1 aromatic heterocycles. The highest BCUT2D eigenvalue weighted by Gasteiger charge is 1.97. The number of rotatable bonds is 5. The zero-order valence-electron chi connectivity index (χ0n) is 7.90. The van der Waals surface area contributed by atoms with Crippen molar-refractivity contribution in [2.45, 2.75) is 11.4 Å². The molecular weight excluding hydrogens is 216 g/mol. The summed E-state index contributed by atoms with van der Waals surface area (Å²) in [5.74, 6) is 1.20. The van der Waals surface area contributed by atoms with Crippen molar-refractivity contribution in [3.05, 3.63) is 24.4 Å². The van der Waals surface area contributed by atoms with Crippen LogP contribution in [-0.4, -0.2) is 23.7 Å². The molecule has 1 aromatic rings. The molecule has 0 unspecified atom stereocenters. The maximum absolute atomic E-state index is 7.26. The minimum Gasteiger partial charge on any atom is -0.484 e. The van der Waals surface area contributed by atoms with Crippen LogP contribution in [0.1, 0.15) is 6.42 Å². The number of pyridine rings is 1. The fourth-order valence-corrected chi connectivity index (χ4v) is 2.60. The summed E-state index contributed by atoms with van der Waals surface area (Å²) >= 11 is 0. The van der Waals surface area contributed by atoms with Crippen molar-refractivity contribution in [1.82, 2.24) is 4.98 Å². The van der Waals surface area contributed by atoms with E-state index in [2.05, 4.69) is 4.98 Å². The molecule has 0 saturated carbocycles. The molecule has 0 radical (unpaired) electrons. The summed E-state index contributed by atoms with van der Waals surface area (Å²) in [5, 5.41) is 8.26. The van der Waals surface area contributed by atoms with E-state index >= 15 is 0 Å². The van der Waals surface area contributed by atoms with Crippen LogP contribution < -0.4 is 0 Å². The van der Waals surface area contributed by atoms with Gasteiger partial charge in [0, 0.05) is 18.4 Å². The minimum absolute atomic E-state index is 0.333. The van der Waals surface area contributed by atoms with E-state index < -0.39 is 0 Å². The fraction of sp³-hybridized carbons (Fsp3) is 0.333. The first-order chi connectivity index (χ1) is 6.83. The third-order valence-electron chi connectivity index (χ3n) is 1.44. The Hall–Kier alpha value is -0.680. The van der Waals surface area contributed by atoms with E-state index in [1.807, 2.05) is 18.2 Å². The van der Waals surface area contributed by atoms with Gasteiger partial charge >= 0.3 is 0 Å². The number of hydrogen-bond donors (Lipinski definition) is 1. The van der Waals surface area contributed by atoms with E-state index in [-0.39, 0.29) is 0 Å². The van der Waals surface area contributed by atoms with Crippen LogP contribution in [0.2, 0.25) is 0 Å². The summed E-state index contributed by atoms with van der Waals surface area (Å²) < 4.78 is 4.75. The van der Waals surface area contributed by atoms with E-state index in [4.69, 9.17) is 10.1 Å². The van der Waals surface area contributed by atoms with Gasteiger partial charge < -0.3 is 4.74 Å². The first-order valence-electron chi connectivity index (χ1n) is 4.15. The Morgan fingerprint density at radius 2 is 2.43 bits per heavy atom. The summed E-state index contributed by atoms with van der Waals surface area (Å²) in [5.41, 5.74) is 0. The molecule has 1 rings (SSSR count). The summed E-state index contributed by atoms with van der Waals surface area (Å²) in [6.45, 7) is 0. The van der Waals surface area contributed by atoms with Crippen molar-refractivity contribution in [2.75, 3.05) is 12.9 Å². The number of aromatic nitrogens is 1. The molecule has 3 nitrogen and oxygen atoms in total. The van der Waals surface area contributed by atoms with Gasteiger partial charge in [-0.05, 0) is 22.9 Å². The third-order valence-corrected chi connectivity index (χ3v) is 3.71. The second-order valence-corrected chi connectivity index (χ2v) is 4.89. The van der Waals surface area contributed by atoms with Crippen molar-refractivity contribution in [3.8, 4) is 0 Å². The maximum atomic E-state index is 7.26. The van der Waals surface area contributed by atoms with E-state index in [9.17, 15) is 0 Å². The van der Waals surface area contributed by atoms with Gasteiger partial charge in [-0.1, -0.05) is 16.9 Å². The Balaban J connectivity index is 2.13. The monoisotopic (exact) mass is 228 g/mol. The van der Waals surface area contributed by atoms with Gasteiger partial charge in [-0.3, -0.25) is 5.41 Å². The Bertz CT molecular complexity index is 279. The highest BCUT2D eigenvalue weighted by atomic mass is 33.1. The van der Waals surface area contributed by atoms with Crippen LogP contribution in [0.25, 0.3) is 0 Å². The molecule has 0 atom stereocenters. The molecule has 0 aliphatic heterocycles. The van der Waals surface area contributed by atoms with Gasteiger partial charge in [0.25, 0.3) is 0 Å². The van der Waals surface area contributed by atoms with Crippen LogP contribution in [0.4, 0.5) is 0 Å². The van der Waals surface area contributed by atoms with Crippen molar-refractivity contribution in [2.24, 2.45) is 0 Å². The summed E-state index contributed by atoms with van der Waals surface area (Å²) in [7, 11) is 4.84. The van der Waals surface area contributed by atoms with Gasteiger partial charge in [-0.15, -0.1) is 0 Å². The molecule has 0 aliphatic rings. The lowest BCUT2D eigenvalue weighted by atomic mass is 10.5. The lowest BCUT2D eigenvalue weighted by Gasteiger charge is -2.01. The molecule has 0 amide bonds. The number of methoxy groups -OCH3 is 1. The molecule has 0 bridgehead atoms. The Morgan fingerprint density at radius 3 is 3.07 bits per heavy atom. The van der Waals surface area contributed by atoms with Crippen LogP contribution in [0, 0.1) is 5.41 Å². The smallest absolute Gasteiger partial charge is 0.180 e. The Labute approximate surface area is 91.6 Å². The van der Waals surface area contributed by atoms with Crippen LogP contribution in [0.3, 0.4) is 0 Å². The molecule has 0 fully saturated rings.